The Labute approximate surface area is 124 Å². The summed E-state index contributed by atoms with van der Waals surface area (Å²) in [6.07, 6.45) is 2.91. The fraction of sp³-hybridized carbons (Fsp3) is 0.938. The molecule has 0 rings (SSSR count). The molecule has 0 saturated heterocycles. The van der Waals surface area contributed by atoms with Crippen molar-refractivity contribution in [3.8, 4) is 0 Å². The summed E-state index contributed by atoms with van der Waals surface area (Å²) in [4.78, 5) is 12.1. The van der Waals surface area contributed by atoms with Gasteiger partial charge >= 0.3 is 5.97 Å². The largest absolute Gasteiger partial charge is 0.465 e. The zero-order chi connectivity index (χ0) is 15.6. The number of ether oxygens (including phenoxy) is 2. The highest BCUT2D eigenvalue weighted by Gasteiger charge is 2.35. The number of carbonyl (C=O) groups is 1. The maximum absolute atomic E-state index is 12.1. The first-order valence-corrected chi connectivity index (χ1v) is 7.89. The molecule has 0 aliphatic heterocycles. The van der Waals surface area contributed by atoms with Crippen molar-refractivity contribution in [1.82, 2.24) is 5.32 Å². The molecule has 0 aromatic heterocycles. The minimum absolute atomic E-state index is 0.0376. The first-order chi connectivity index (χ1) is 9.35. The molecule has 20 heavy (non-hydrogen) atoms. The van der Waals surface area contributed by atoms with Crippen molar-refractivity contribution < 1.29 is 14.3 Å². The van der Waals surface area contributed by atoms with Gasteiger partial charge in [0, 0.05) is 13.0 Å². The van der Waals surface area contributed by atoms with E-state index < -0.39 is 5.54 Å². The Morgan fingerprint density at radius 1 is 1.25 bits per heavy atom. The number of esters is 1. The standard InChI is InChI=1S/C16H33NO3/c1-7-17-16(6,15(18)19-8-2)12-14(5)20-11-9-10-13(3)4/h13-14,17H,7-12H2,1-6H3. The third-order valence-corrected chi connectivity index (χ3v) is 3.32. The minimum atomic E-state index is -0.664. The van der Waals surface area contributed by atoms with Crippen molar-refractivity contribution in [3.05, 3.63) is 0 Å². The first-order valence-electron chi connectivity index (χ1n) is 7.89. The summed E-state index contributed by atoms with van der Waals surface area (Å²) in [6, 6.07) is 0. The fourth-order valence-corrected chi connectivity index (χ4v) is 2.32. The van der Waals surface area contributed by atoms with Crippen LogP contribution in [-0.2, 0) is 14.3 Å². The van der Waals surface area contributed by atoms with Crippen LogP contribution in [-0.4, -0.2) is 37.4 Å². The Kier molecular flexibility index (Phi) is 9.86. The molecule has 0 fully saturated rings. The molecule has 0 heterocycles. The van der Waals surface area contributed by atoms with Crippen LogP contribution in [0.3, 0.4) is 0 Å². The van der Waals surface area contributed by atoms with Crippen molar-refractivity contribution >= 4 is 5.97 Å². The lowest BCUT2D eigenvalue weighted by Gasteiger charge is -2.30. The van der Waals surface area contributed by atoms with E-state index in [9.17, 15) is 4.79 Å². The van der Waals surface area contributed by atoms with Crippen LogP contribution < -0.4 is 5.32 Å². The number of rotatable bonds is 11. The van der Waals surface area contributed by atoms with Crippen LogP contribution in [0.25, 0.3) is 0 Å². The van der Waals surface area contributed by atoms with Crippen LogP contribution in [0.2, 0.25) is 0 Å². The molecule has 0 aliphatic rings. The lowest BCUT2D eigenvalue weighted by atomic mass is 9.94. The Bertz CT molecular complexity index is 268. The molecule has 0 bridgehead atoms. The van der Waals surface area contributed by atoms with E-state index in [0.29, 0.717) is 18.9 Å². The van der Waals surface area contributed by atoms with Gasteiger partial charge in [-0.2, -0.15) is 0 Å². The van der Waals surface area contributed by atoms with Crippen molar-refractivity contribution in [1.29, 1.82) is 0 Å². The average molecular weight is 287 g/mol. The Balaban J connectivity index is 4.25. The number of likely N-dealkylation sites (N-methyl/N-ethyl adjacent to an activating group) is 1. The number of carbonyl (C=O) groups excluding carboxylic acids is 1. The average Bonchev–Trinajstić information content (AvgIpc) is 2.35. The molecule has 0 amide bonds. The van der Waals surface area contributed by atoms with E-state index in [4.69, 9.17) is 9.47 Å². The molecular weight excluding hydrogens is 254 g/mol. The molecule has 4 heteroatoms. The monoisotopic (exact) mass is 287 g/mol. The summed E-state index contributed by atoms with van der Waals surface area (Å²) in [5.74, 6) is 0.514. The van der Waals surface area contributed by atoms with Crippen molar-refractivity contribution in [2.45, 2.75) is 72.4 Å². The van der Waals surface area contributed by atoms with Crippen LogP contribution >= 0.6 is 0 Å². The van der Waals surface area contributed by atoms with Crippen LogP contribution in [0.4, 0.5) is 0 Å². The van der Waals surface area contributed by atoms with E-state index in [0.717, 1.165) is 19.6 Å². The lowest BCUT2D eigenvalue weighted by Crippen LogP contribution is -2.52. The zero-order valence-electron chi connectivity index (χ0n) is 14.1. The smallest absolute Gasteiger partial charge is 0.326 e. The van der Waals surface area contributed by atoms with Crippen molar-refractivity contribution in [3.63, 3.8) is 0 Å². The summed E-state index contributed by atoms with van der Waals surface area (Å²) < 4.78 is 11.0. The molecule has 120 valence electrons. The van der Waals surface area contributed by atoms with Crippen molar-refractivity contribution in [2.75, 3.05) is 19.8 Å². The topological polar surface area (TPSA) is 47.6 Å². The summed E-state index contributed by atoms with van der Waals surface area (Å²) in [6.45, 7) is 14.1. The van der Waals surface area contributed by atoms with Gasteiger partial charge in [-0.15, -0.1) is 0 Å². The van der Waals surface area contributed by atoms with Gasteiger partial charge < -0.3 is 14.8 Å². The van der Waals surface area contributed by atoms with Gasteiger partial charge in [0.2, 0.25) is 0 Å². The third-order valence-electron chi connectivity index (χ3n) is 3.32. The minimum Gasteiger partial charge on any atom is -0.465 e. The second-order valence-corrected chi connectivity index (χ2v) is 6.00. The highest BCUT2D eigenvalue weighted by molar-refractivity contribution is 5.80. The molecule has 0 aliphatic carbocycles. The maximum Gasteiger partial charge on any atom is 0.326 e. The molecule has 0 radical (unpaired) electrons. The van der Waals surface area contributed by atoms with Gasteiger partial charge in [0.15, 0.2) is 0 Å². The number of hydrogen-bond donors (Lipinski definition) is 1. The predicted molar refractivity (Wildman–Crippen MR) is 82.8 cm³/mol. The predicted octanol–water partition coefficient (Wildman–Crippen LogP) is 3.15. The highest BCUT2D eigenvalue weighted by Crippen LogP contribution is 2.17. The third kappa shape index (κ3) is 7.85. The molecule has 2 unspecified atom stereocenters. The maximum atomic E-state index is 12.1. The van der Waals surface area contributed by atoms with Gasteiger partial charge in [-0.1, -0.05) is 20.8 Å². The molecule has 2 atom stereocenters. The van der Waals surface area contributed by atoms with Gasteiger partial charge in [-0.25, -0.2) is 0 Å². The quantitative estimate of drug-likeness (QED) is 0.468. The first kappa shape index (κ1) is 19.4. The van der Waals surface area contributed by atoms with E-state index in [1.54, 1.807) is 0 Å². The summed E-state index contributed by atoms with van der Waals surface area (Å²) >= 11 is 0. The van der Waals surface area contributed by atoms with E-state index in [-0.39, 0.29) is 12.1 Å². The molecule has 4 nitrogen and oxygen atoms in total. The van der Waals surface area contributed by atoms with Gasteiger partial charge in [0.05, 0.1) is 12.7 Å². The van der Waals surface area contributed by atoms with E-state index in [1.807, 2.05) is 27.7 Å². The Morgan fingerprint density at radius 3 is 2.40 bits per heavy atom. The SMILES string of the molecule is CCNC(C)(CC(C)OCCCC(C)C)C(=O)OCC. The molecular formula is C16H33NO3. The molecule has 0 spiro atoms. The highest BCUT2D eigenvalue weighted by atomic mass is 16.5. The summed E-state index contributed by atoms with van der Waals surface area (Å²) in [7, 11) is 0. The van der Waals surface area contributed by atoms with E-state index >= 15 is 0 Å². The van der Waals surface area contributed by atoms with E-state index in [1.165, 1.54) is 6.42 Å². The van der Waals surface area contributed by atoms with Crippen LogP contribution in [0, 0.1) is 5.92 Å². The Morgan fingerprint density at radius 2 is 1.90 bits per heavy atom. The van der Waals surface area contributed by atoms with Gasteiger partial charge in [-0.3, -0.25) is 4.79 Å². The molecule has 0 saturated carbocycles. The van der Waals surface area contributed by atoms with Crippen LogP contribution in [0.15, 0.2) is 0 Å². The van der Waals surface area contributed by atoms with E-state index in [2.05, 4.69) is 19.2 Å². The Hall–Kier alpha value is -0.610. The number of hydrogen-bond acceptors (Lipinski definition) is 4. The lowest BCUT2D eigenvalue weighted by molar-refractivity contribution is -0.152. The second-order valence-electron chi connectivity index (χ2n) is 6.00. The molecule has 0 aromatic rings. The van der Waals surface area contributed by atoms with Crippen LogP contribution in [0.5, 0.6) is 0 Å². The van der Waals surface area contributed by atoms with Crippen molar-refractivity contribution in [2.24, 2.45) is 5.92 Å². The summed E-state index contributed by atoms with van der Waals surface area (Å²) in [5.41, 5.74) is -0.664. The number of nitrogens with one attached hydrogen (secondary N) is 1. The zero-order valence-corrected chi connectivity index (χ0v) is 14.1. The summed E-state index contributed by atoms with van der Waals surface area (Å²) in [5, 5.41) is 3.23. The fourth-order valence-electron chi connectivity index (χ4n) is 2.32. The molecule has 0 aromatic carbocycles. The van der Waals surface area contributed by atoms with Gasteiger partial charge in [0.1, 0.15) is 5.54 Å². The normalized spacial score (nSPS) is 15.9. The van der Waals surface area contributed by atoms with Crippen LogP contribution in [0.1, 0.15) is 60.8 Å². The van der Waals surface area contributed by atoms with Gasteiger partial charge in [-0.05, 0) is 46.1 Å². The van der Waals surface area contributed by atoms with Gasteiger partial charge in [0.25, 0.3) is 0 Å². The molecule has 1 N–H and O–H groups in total. The second kappa shape index (κ2) is 10.2.